The van der Waals surface area contributed by atoms with Crippen LogP contribution in [0.15, 0.2) is 30.3 Å². The minimum Gasteiger partial charge on any atom is -0.381 e. The summed E-state index contributed by atoms with van der Waals surface area (Å²) in [5, 5.41) is 0. The molecular formula is C28H50O. The average molecular weight is 403 g/mol. The van der Waals surface area contributed by atoms with Crippen LogP contribution in [-0.2, 0) is 11.2 Å². The fraction of sp³-hybridized carbons (Fsp3) is 0.786. The number of ether oxygens (including phenoxy) is 1. The van der Waals surface area contributed by atoms with E-state index in [-0.39, 0.29) is 0 Å². The van der Waals surface area contributed by atoms with Crippen molar-refractivity contribution in [2.24, 2.45) is 5.41 Å². The first-order chi connectivity index (χ1) is 14.1. The zero-order valence-electron chi connectivity index (χ0n) is 20.0. The van der Waals surface area contributed by atoms with E-state index in [0.29, 0.717) is 5.41 Å². The predicted octanol–water partition coefficient (Wildman–Crippen LogP) is 9.14. The Hall–Kier alpha value is -0.820. The highest BCUT2D eigenvalue weighted by atomic mass is 16.5. The Kier molecular flexibility index (Phi) is 16.3. The van der Waals surface area contributed by atoms with Crippen LogP contribution in [0.2, 0.25) is 0 Å². The summed E-state index contributed by atoms with van der Waals surface area (Å²) in [5.74, 6) is 0. The standard InChI is InChI=1S/C28H50O/c1-28(2,3)24-20-26-29-25-19-14-12-10-8-6-4-5-7-9-11-13-16-21-27-22-17-15-18-23-27/h15,17-18,22-23H,4-14,16,19-21,24-26H2,1-3H3. The van der Waals surface area contributed by atoms with E-state index < -0.39 is 0 Å². The van der Waals surface area contributed by atoms with E-state index in [1.165, 1.54) is 108 Å². The summed E-state index contributed by atoms with van der Waals surface area (Å²) >= 11 is 0. The third kappa shape index (κ3) is 18.9. The van der Waals surface area contributed by atoms with Crippen LogP contribution in [0, 0.1) is 5.41 Å². The molecule has 1 rings (SSSR count). The van der Waals surface area contributed by atoms with Crippen LogP contribution in [0.3, 0.4) is 0 Å². The second-order valence-electron chi connectivity index (χ2n) is 10.1. The number of hydrogen-bond donors (Lipinski definition) is 0. The molecule has 1 aromatic rings. The third-order valence-electron chi connectivity index (χ3n) is 5.81. The predicted molar refractivity (Wildman–Crippen MR) is 130 cm³/mol. The fourth-order valence-corrected chi connectivity index (χ4v) is 3.93. The molecule has 0 radical (unpaired) electrons. The minimum absolute atomic E-state index is 0.450. The molecular weight excluding hydrogens is 352 g/mol. The number of hydrogen-bond acceptors (Lipinski definition) is 1. The molecule has 1 aromatic carbocycles. The Bertz CT molecular complexity index is 445. The topological polar surface area (TPSA) is 9.23 Å². The lowest BCUT2D eigenvalue weighted by Gasteiger charge is -2.17. The van der Waals surface area contributed by atoms with E-state index in [4.69, 9.17) is 4.74 Å². The van der Waals surface area contributed by atoms with Gasteiger partial charge in [-0.3, -0.25) is 0 Å². The molecule has 0 N–H and O–H groups in total. The second kappa shape index (κ2) is 18.0. The van der Waals surface area contributed by atoms with Gasteiger partial charge in [-0.05, 0) is 43.1 Å². The van der Waals surface area contributed by atoms with Gasteiger partial charge in [-0.25, -0.2) is 0 Å². The molecule has 0 heterocycles. The molecule has 0 spiro atoms. The van der Waals surface area contributed by atoms with E-state index in [9.17, 15) is 0 Å². The maximum atomic E-state index is 5.76. The van der Waals surface area contributed by atoms with Gasteiger partial charge in [-0.1, -0.05) is 122 Å². The molecule has 0 bridgehead atoms. The van der Waals surface area contributed by atoms with Gasteiger partial charge < -0.3 is 4.74 Å². The smallest absolute Gasteiger partial charge is 0.0466 e. The first kappa shape index (κ1) is 26.2. The van der Waals surface area contributed by atoms with E-state index >= 15 is 0 Å². The second-order valence-corrected chi connectivity index (χ2v) is 10.1. The van der Waals surface area contributed by atoms with Crippen molar-refractivity contribution in [3.8, 4) is 0 Å². The zero-order valence-corrected chi connectivity index (χ0v) is 20.0. The molecule has 29 heavy (non-hydrogen) atoms. The van der Waals surface area contributed by atoms with Gasteiger partial charge in [0, 0.05) is 13.2 Å². The highest BCUT2D eigenvalue weighted by Crippen LogP contribution is 2.20. The summed E-state index contributed by atoms with van der Waals surface area (Å²) in [5.41, 5.74) is 1.95. The fourth-order valence-electron chi connectivity index (χ4n) is 3.93. The molecule has 0 aliphatic carbocycles. The zero-order chi connectivity index (χ0) is 21.0. The summed E-state index contributed by atoms with van der Waals surface area (Å²) in [6, 6.07) is 10.9. The highest BCUT2D eigenvalue weighted by Gasteiger charge is 2.08. The van der Waals surface area contributed by atoms with Crippen LogP contribution in [0.4, 0.5) is 0 Å². The molecule has 0 aliphatic heterocycles. The van der Waals surface area contributed by atoms with Crippen LogP contribution in [0.25, 0.3) is 0 Å². The quantitative estimate of drug-likeness (QED) is 0.210. The lowest BCUT2D eigenvalue weighted by Crippen LogP contribution is -2.07. The lowest BCUT2D eigenvalue weighted by molar-refractivity contribution is 0.118. The third-order valence-corrected chi connectivity index (χ3v) is 5.81. The minimum atomic E-state index is 0.450. The van der Waals surface area contributed by atoms with Crippen LogP contribution in [-0.4, -0.2) is 13.2 Å². The number of unbranched alkanes of at least 4 members (excludes halogenated alkanes) is 12. The molecule has 1 nitrogen and oxygen atoms in total. The Morgan fingerprint density at radius 1 is 0.552 bits per heavy atom. The van der Waals surface area contributed by atoms with Crippen molar-refractivity contribution in [2.75, 3.05) is 13.2 Å². The van der Waals surface area contributed by atoms with Gasteiger partial charge in [0.2, 0.25) is 0 Å². The molecule has 0 saturated carbocycles. The molecule has 0 atom stereocenters. The van der Waals surface area contributed by atoms with Crippen molar-refractivity contribution in [3.05, 3.63) is 35.9 Å². The van der Waals surface area contributed by atoms with Crippen molar-refractivity contribution >= 4 is 0 Å². The Balaban J connectivity index is 1.69. The average Bonchev–Trinajstić information content (AvgIpc) is 2.69. The first-order valence-electron chi connectivity index (χ1n) is 12.7. The van der Waals surface area contributed by atoms with Crippen molar-refractivity contribution in [1.29, 1.82) is 0 Å². The van der Waals surface area contributed by atoms with Crippen molar-refractivity contribution in [3.63, 3.8) is 0 Å². The van der Waals surface area contributed by atoms with E-state index in [2.05, 4.69) is 51.1 Å². The molecule has 0 aromatic heterocycles. The monoisotopic (exact) mass is 402 g/mol. The van der Waals surface area contributed by atoms with Crippen LogP contribution < -0.4 is 0 Å². The largest absolute Gasteiger partial charge is 0.381 e. The Labute approximate surface area is 183 Å². The van der Waals surface area contributed by atoms with Crippen LogP contribution >= 0.6 is 0 Å². The van der Waals surface area contributed by atoms with Crippen molar-refractivity contribution in [2.45, 2.75) is 124 Å². The van der Waals surface area contributed by atoms with Gasteiger partial charge in [-0.15, -0.1) is 0 Å². The Morgan fingerprint density at radius 3 is 1.52 bits per heavy atom. The summed E-state index contributed by atoms with van der Waals surface area (Å²) in [6.45, 7) is 8.84. The van der Waals surface area contributed by atoms with Crippen molar-refractivity contribution < 1.29 is 4.74 Å². The molecule has 0 fully saturated rings. The van der Waals surface area contributed by atoms with E-state index in [0.717, 1.165) is 13.2 Å². The van der Waals surface area contributed by atoms with Crippen LogP contribution in [0.5, 0.6) is 0 Å². The first-order valence-corrected chi connectivity index (χ1v) is 12.7. The molecule has 1 heteroatoms. The number of aryl methyl sites for hydroxylation is 1. The maximum absolute atomic E-state index is 5.76. The van der Waals surface area contributed by atoms with E-state index in [1.54, 1.807) is 0 Å². The summed E-state index contributed by atoms with van der Waals surface area (Å²) < 4.78 is 5.76. The highest BCUT2D eigenvalue weighted by molar-refractivity contribution is 5.14. The normalized spacial score (nSPS) is 11.8. The molecule has 0 amide bonds. The lowest BCUT2D eigenvalue weighted by atomic mass is 9.91. The van der Waals surface area contributed by atoms with Gasteiger partial charge in [0.1, 0.15) is 0 Å². The Morgan fingerprint density at radius 2 is 1.00 bits per heavy atom. The summed E-state index contributed by atoms with van der Waals surface area (Å²) in [7, 11) is 0. The summed E-state index contributed by atoms with van der Waals surface area (Å²) in [4.78, 5) is 0. The molecule has 168 valence electrons. The van der Waals surface area contributed by atoms with Crippen molar-refractivity contribution in [1.82, 2.24) is 0 Å². The molecule has 0 unspecified atom stereocenters. The van der Waals surface area contributed by atoms with Gasteiger partial charge in [0.05, 0.1) is 0 Å². The maximum Gasteiger partial charge on any atom is 0.0466 e. The van der Waals surface area contributed by atoms with Gasteiger partial charge in [-0.2, -0.15) is 0 Å². The van der Waals surface area contributed by atoms with Gasteiger partial charge in [0.25, 0.3) is 0 Å². The number of rotatable bonds is 19. The molecule has 0 aliphatic rings. The van der Waals surface area contributed by atoms with Crippen LogP contribution in [0.1, 0.15) is 123 Å². The molecule has 0 saturated heterocycles. The summed E-state index contributed by atoms with van der Waals surface area (Å²) in [6.07, 6.45) is 22.0. The SMILES string of the molecule is CC(C)(C)CCCOCCCCCCCCCCCCCCCc1ccccc1. The number of benzene rings is 1. The van der Waals surface area contributed by atoms with Gasteiger partial charge in [0.15, 0.2) is 0 Å². The van der Waals surface area contributed by atoms with E-state index in [1.807, 2.05) is 0 Å². The van der Waals surface area contributed by atoms with Gasteiger partial charge >= 0.3 is 0 Å².